The minimum absolute atomic E-state index is 0.0487. The van der Waals surface area contributed by atoms with Gasteiger partial charge in [-0.25, -0.2) is 9.59 Å². The van der Waals surface area contributed by atoms with Gasteiger partial charge in [-0.15, -0.1) is 0 Å². The second kappa shape index (κ2) is 10.4. The fourth-order valence-corrected chi connectivity index (χ4v) is 4.31. The molecule has 0 bridgehead atoms. The number of rotatable bonds is 8. The molecule has 2 aromatic carbocycles. The molecular weight excluding hydrogens is 446 g/mol. The van der Waals surface area contributed by atoms with Crippen LogP contribution in [-0.4, -0.2) is 40.7 Å². The zero-order valence-corrected chi connectivity index (χ0v) is 19.5. The topological polar surface area (TPSA) is 118 Å². The number of pyridine rings is 1. The molecule has 0 saturated heterocycles. The number of aromatic nitrogens is 1. The number of carboxylic acid groups (broad SMARTS) is 1. The van der Waals surface area contributed by atoms with Gasteiger partial charge in [0, 0.05) is 12.1 Å². The number of fused-ring (bicyclic) bond motifs is 3. The van der Waals surface area contributed by atoms with Crippen LogP contribution >= 0.6 is 0 Å². The first-order valence-corrected chi connectivity index (χ1v) is 11.5. The first kappa shape index (κ1) is 23.9. The SMILES string of the molecule is CC[C@H](C)[C@H](NC(=O)OCC1c2ccccc2-c2ccccc21)C(=O)Nc1cncc(C(=O)O)c1. The second-order valence-electron chi connectivity index (χ2n) is 8.59. The molecule has 180 valence electrons. The summed E-state index contributed by atoms with van der Waals surface area (Å²) in [5, 5.41) is 14.5. The Hall–Kier alpha value is -4.20. The molecule has 8 heteroatoms. The molecule has 0 aliphatic heterocycles. The standard InChI is InChI=1S/C27H27N3O5/c1-3-16(2)24(25(31)29-18-12-17(26(32)33)13-28-14-18)30-27(34)35-15-23-21-10-6-4-8-19(21)20-9-5-7-11-22(20)23/h4-14,16,23-24H,3,15H2,1-2H3,(H,29,31)(H,30,34)(H,32,33)/t16-,24-/m0/s1. The maximum absolute atomic E-state index is 13.0. The minimum Gasteiger partial charge on any atom is -0.478 e. The molecule has 1 aromatic heterocycles. The lowest BCUT2D eigenvalue weighted by Crippen LogP contribution is -2.48. The van der Waals surface area contributed by atoms with Crippen LogP contribution in [0, 0.1) is 5.92 Å². The van der Waals surface area contributed by atoms with Crippen LogP contribution < -0.4 is 10.6 Å². The summed E-state index contributed by atoms with van der Waals surface area (Å²) >= 11 is 0. The molecule has 2 amide bonds. The number of carbonyl (C=O) groups is 3. The molecular formula is C27H27N3O5. The molecule has 1 heterocycles. The Kier molecular flexibility index (Phi) is 7.10. The Morgan fingerprint density at radius 3 is 2.26 bits per heavy atom. The highest BCUT2D eigenvalue weighted by Crippen LogP contribution is 2.44. The highest BCUT2D eigenvalue weighted by Gasteiger charge is 2.31. The van der Waals surface area contributed by atoms with E-state index in [9.17, 15) is 14.4 Å². The number of alkyl carbamates (subject to hydrolysis) is 1. The van der Waals surface area contributed by atoms with Gasteiger partial charge < -0.3 is 20.5 Å². The molecule has 35 heavy (non-hydrogen) atoms. The number of hydrogen-bond acceptors (Lipinski definition) is 5. The lowest BCUT2D eigenvalue weighted by Gasteiger charge is -2.24. The number of ether oxygens (including phenoxy) is 1. The maximum Gasteiger partial charge on any atom is 0.407 e. The average Bonchev–Trinajstić information content (AvgIpc) is 3.19. The van der Waals surface area contributed by atoms with E-state index in [1.54, 1.807) is 0 Å². The van der Waals surface area contributed by atoms with Crippen molar-refractivity contribution in [3.05, 3.63) is 83.7 Å². The lowest BCUT2D eigenvalue weighted by molar-refractivity contribution is -0.119. The average molecular weight is 474 g/mol. The zero-order valence-electron chi connectivity index (χ0n) is 19.5. The van der Waals surface area contributed by atoms with Crippen LogP contribution in [0.1, 0.15) is 47.7 Å². The number of carboxylic acids is 1. The van der Waals surface area contributed by atoms with Gasteiger partial charge in [0.1, 0.15) is 12.6 Å². The molecule has 3 N–H and O–H groups in total. The number of hydrogen-bond donors (Lipinski definition) is 3. The first-order valence-electron chi connectivity index (χ1n) is 11.5. The van der Waals surface area contributed by atoms with Crippen molar-refractivity contribution < 1.29 is 24.2 Å². The molecule has 0 spiro atoms. The summed E-state index contributed by atoms with van der Waals surface area (Å²) < 4.78 is 5.60. The molecule has 8 nitrogen and oxygen atoms in total. The van der Waals surface area contributed by atoms with Crippen molar-refractivity contribution in [1.82, 2.24) is 10.3 Å². The fraction of sp³-hybridized carbons (Fsp3) is 0.259. The molecule has 0 fully saturated rings. The van der Waals surface area contributed by atoms with Crippen molar-refractivity contribution in [2.45, 2.75) is 32.2 Å². The Labute approximate surface area is 203 Å². The lowest BCUT2D eigenvalue weighted by atomic mass is 9.98. The molecule has 1 aliphatic carbocycles. The van der Waals surface area contributed by atoms with Gasteiger partial charge in [-0.05, 0) is 34.2 Å². The van der Waals surface area contributed by atoms with Crippen LogP contribution in [0.15, 0.2) is 67.0 Å². The number of nitrogens with one attached hydrogen (secondary N) is 2. The summed E-state index contributed by atoms with van der Waals surface area (Å²) in [6.45, 7) is 3.90. The number of anilines is 1. The van der Waals surface area contributed by atoms with E-state index >= 15 is 0 Å². The highest BCUT2D eigenvalue weighted by atomic mass is 16.5. The molecule has 0 saturated carbocycles. The van der Waals surface area contributed by atoms with E-state index in [0.717, 1.165) is 22.3 Å². The van der Waals surface area contributed by atoms with Crippen molar-refractivity contribution in [2.24, 2.45) is 5.92 Å². The van der Waals surface area contributed by atoms with Crippen LogP contribution in [-0.2, 0) is 9.53 Å². The molecule has 4 rings (SSSR count). The van der Waals surface area contributed by atoms with Crippen molar-refractivity contribution in [3.63, 3.8) is 0 Å². The van der Waals surface area contributed by atoms with Crippen molar-refractivity contribution in [1.29, 1.82) is 0 Å². The summed E-state index contributed by atoms with van der Waals surface area (Å²) in [5.74, 6) is -1.90. The Bertz CT molecular complexity index is 1210. The molecule has 0 unspecified atom stereocenters. The predicted molar refractivity (Wildman–Crippen MR) is 131 cm³/mol. The van der Waals surface area contributed by atoms with Crippen LogP contribution in [0.5, 0.6) is 0 Å². The van der Waals surface area contributed by atoms with Gasteiger partial charge in [0.25, 0.3) is 0 Å². The van der Waals surface area contributed by atoms with E-state index in [2.05, 4.69) is 27.8 Å². The molecule has 2 atom stereocenters. The largest absolute Gasteiger partial charge is 0.478 e. The Morgan fingerprint density at radius 1 is 1.03 bits per heavy atom. The van der Waals surface area contributed by atoms with Crippen molar-refractivity contribution in [2.75, 3.05) is 11.9 Å². The zero-order chi connectivity index (χ0) is 24.9. The summed E-state index contributed by atoms with van der Waals surface area (Å²) in [4.78, 5) is 40.7. The molecule has 0 radical (unpaired) electrons. The second-order valence-corrected chi connectivity index (χ2v) is 8.59. The van der Waals surface area contributed by atoms with Gasteiger partial charge >= 0.3 is 12.1 Å². The van der Waals surface area contributed by atoms with Gasteiger partial charge in [-0.2, -0.15) is 0 Å². The number of carbonyl (C=O) groups excluding carboxylic acids is 2. The van der Waals surface area contributed by atoms with E-state index in [1.165, 1.54) is 18.5 Å². The summed E-state index contributed by atoms with van der Waals surface area (Å²) in [7, 11) is 0. The quantitative estimate of drug-likeness (QED) is 0.438. The first-order chi connectivity index (χ1) is 16.9. The number of aromatic carboxylic acids is 1. The third kappa shape index (κ3) is 5.16. The van der Waals surface area contributed by atoms with Gasteiger partial charge in [-0.3, -0.25) is 9.78 Å². The number of benzene rings is 2. The van der Waals surface area contributed by atoms with E-state index < -0.39 is 24.0 Å². The summed E-state index contributed by atoms with van der Waals surface area (Å²) in [5.41, 5.74) is 4.65. The molecule has 3 aromatic rings. The van der Waals surface area contributed by atoms with Crippen LogP contribution in [0.25, 0.3) is 11.1 Å². The molecule has 1 aliphatic rings. The maximum atomic E-state index is 13.0. The summed E-state index contributed by atoms with van der Waals surface area (Å²) in [6.07, 6.45) is 2.49. The highest BCUT2D eigenvalue weighted by molar-refractivity contribution is 5.97. The Balaban J connectivity index is 1.44. The Morgan fingerprint density at radius 2 is 1.66 bits per heavy atom. The van der Waals surface area contributed by atoms with Gasteiger partial charge in [-0.1, -0.05) is 68.8 Å². The summed E-state index contributed by atoms with van der Waals surface area (Å²) in [6, 6.07) is 16.6. The van der Waals surface area contributed by atoms with Gasteiger partial charge in [0.15, 0.2) is 0 Å². The van der Waals surface area contributed by atoms with E-state index in [1.807, 2.05) is 50.2 Å². The van der Waals surface area contributed by atoms with Crippen LogP contribution in [0.3, 0.4) is 0 Å². The predicted octanol–water partition coefficient (Wildman–Crippen LogP) is 4.67. The monoisotopic (exact) mass is 473 g/mol. The van der Waals surface area contributed by atoms with Crippen molar-refractivity contribution >= 4 is 23.7 Å². The fourth-order valence-electron chi connectivity index (χ4n) is 4.31. The van der Waals surface area contributed by atoms with Crippen molar-refractivity contribution in [3.8, 4) is 11.1 Å². The third-order valence-corrected chi connectivity index (χ3v) is 6.37. The van der Waals surface area contributed by atoms with E-state index in [4.69, 9.17) is 9.84 Å². The van der Waals surface area contributed by atoms with Gasteiger partial charge in [0.2, 0.25) is 5.91 Å². The van der Waals surface area contributed by atoms with Crippen LogP contribution in [0.4, 0.5) is 10.5 Å². The normalized spacial score (nSPS) is 13.8. The van der Waals surface area contributed by atoms with Crippen LogP contribution in [0.2, 0.25) is 0 Å². The van der Waals surface area contributed by atoms with E-state index in [0.29, 0.717) is 6.42 Å². The number of nitrogens with zero attached hydrogens (tertiary/aromatic N) is 1. The van der Waals surface area contributed by atoms with E-state index in [-0.39, 0.29) is 29.7 Å². The smallest absolute Gasteiger partial charge is 0.407 e. The number of amides is 2. The third-order valence-electron chi connectivity index (χ3n) is 6.37. The minimum atomic E-state index is -1.15. The van der Waals surface area contributed by atoms with Gasteiger partial charge in [0.05, 0.1) is 17.4 Å².